The molecule has 2 N–H and O–H groups in total. The number of carbonyl (C=O) groups excluding carboxylic acids is 1. The van der Waals surface area contributed by atoms with E-state index >= 15 is 0 Å². The number of nitrogens with zero attached hydrogens (tertiary/aromatic N) is 1. The molecular weight excluding hydrogens is 268 g/mol. The molecule has 1 aromatic rings. The summed E-state index contributed by atoms with van der Waals surface area (Å²) in [6.45, 7) is 6.10. The van der Waals surface area contributed by atoms with Crippen LogP contribution in [0.15, 0.2) is 24.3 Å². The Morgan fingerprint density at radius 2 is 1.81 bits per heavy atom. The molecule has 0 aromatic heterocycles. The average molecular weight is 292 g/mol. The lowest BCUT2D eigenvalue weighted by molar-refractivity contribution is -0.142. The van der Waals surface area contributed by atoms with E-state index in [1.807, 2.05) is 0 Å². The number of carboxylic acid groups (broad SMARTS) is 1. The minimum Gasteiger partial charge on any atom is -0.481 e. The summed E-state index contributed by atoms with van der Waals surface area (Å²) >= 11 is 0. The number of amides is 2. The van der Waals surface area contributed by atoms with Gasteiger partial charge in [0.2, 0.25) is 0 Å². The maximum absolute atomic E-state index is 11.9. The van der Waals surface area contributed by atoms with E-state index in [1.54, 1.807) is 50.1 Å². The Morgan fingerprint density at radius 3 is 2.29 bits per heavy atom. The number of carbonyl (C=O) groups is 2. The first kappa shape index (κ1) is 17.0. The molecular formula is C16H24N2O3. The third-order valence-corrected chi connectivity index (χ3v) is 3.59. The van der Waals surface area contributed by atoms with Crippen molar-refractivity contribution in [3.63, 3.8) is 0 Å². The number of carboxylic acids is 1. The molecule has 21 heavy (non-hydrogen) atoms. The molecule has 0 saturated carbocycles. The number of urea groups is 1. The number of hydrogen-bond acceptors (Lipinski definition) is 2. The number of nitrogens with one attached hydrogen (secondary N) is 1. The van der Waals surface area contributed by atoms with E-state index in [0.717, 1.165) is 12.8 Å². The van der Waals surface area contributed by atoms with Gasteiger partial charge in [-0.05, 0) is 38.0 Å². The van der Waals surface area contributed by atoms with Crippen molar-refractivity contribution in [1.29, 1.82) is 0 Å². The highest BCUT2D eigenvalue weighted by Gasteiger charge is 2.29. The van der Waals surface area contributed by atoms with E-state index in [0.29, 0.717) is 17.8 Å². The minimum atomic E-state index is -0.944. The third-order valence-electron chi connectivity index (χ3n) is 3.59. The van der Waals surface area contributed by atoms with Crippen molar-refractivity contribution in [2.45, 2.75) is 39.0 Å². The Balaban J connectivity index is 2.71. The molecule has 0 aliphatic heterocycles. The molecule has 116 valence electrons. The first-order chi connectivity index (χ1) is 9.78. The molecule has 1 aromatic carbocycles. The molecule has 0 fully saturated rings. The van der Waals surface area contributed by atoms with Crippen molar-refractivity contribution in [3.05, 3.63) is 29.8 Å². The Morgan fingerprint density at radius 1 is 1.24 bits per heavy atom. The van der Waals surface area contributed by atoms with Gasteiger partial charge >= 0.3 is 12.0 Å². The van der Waals surface area contributed by atoms with E-state index in [-0.39, 0.29) is 6.03 Å². The Labute approximate surface area is 126 Å². The number of hydrogen-bond donors (Lipinski definition) is 2. The van der Waals surface area contributed by atoms with Gasteiger partial charge in [-0.3, -0.25) is 4.79 Å². The fraction of sp³-hybridized carbons (Fsp3) is 0.500. The summed E-state index contributed by atoms with van der Waals surface area (Å²) in [7, 11) is 1.76. The van der Waals surface area contributed by atoms with Gasteiger partial charge in [0.1, 0.15) is 0 Å². The molecule has 0 spiro atoms. The van der Waals surface area contributed by atoms with Crippen LogP contribution in [0.1, 0.15) is 39.2 Å². The lowest BCUT2D eigenvalue weighted by atomic mass is 9.85. The van der Waals surface area contributed by atoms with Crippen molar-refractivity contribution in [2.24, 2.45) is 0 Å². The molecule has 2 amide bonds. The zero-order chi connectivity index (χ0) is 16.0. The van der Waals surface area contributed by atoms with Crippen molar-refractivity contribution < 1.29 is 14.7 Å². The Kier molecular flexibility index (Phi) is 5.76. The van der Waals surface area contributed by atoms with Crippen LogP contribution in [0, 0.1) is 0 Å². The molecule has 0 saturated heterocycles. The molecule has 0 unspecified atom stereocenters. The van der Waals surface area contributed by atoms with Crippen LogP contribution in [0.3, 0.4) is 0 Å². The first-order valence-electron chi connectivity index (χ1n) is 7.15. The van der Waals surface area contributed by atoms with Gasteiger partial charge in [0.05, 0.1) is 5.41 Å². The van der Waals surface area contributed by atoms with Gasteiger partial charge in [-0.1, -0.05) is 25.5 Å². The maximum Gasteiger partial charge on any atom is 0.321 e. The van der Waals surface area contributed by atoms with Gasteiger partial charge in [-0.15, -0.1) is 0 Å². The summed E-state index contributed by atoms with van der Waals surface area (Å²) in [5, 5.41) is 12.0. The number of rotatable bonds is 6. The summed E-state index contributed by atoms with van der Waals surface area (Å²) in [5.74, 6) is -0.876. The van der Waals surface area contributed by atoms with Gasteiger partial charge in [-0.25, -0.2) is 4.79 Å². The van der Waals surface area contributed by atoms with Crippen LogP contribution < -0.4 is 5.32 Å². The van der Waals surface area contributed by atoms with Gasteiger partial charge in [0, 0.05) is 19.3 Å². The van der Waals surface area contributed by atoms with Crippen LogP contribution in [0.4, 0.5) is 10.5 Å². The van der Waals surface area contributed by atoms with Gasteiger partial charge in [-0.2, -0.15) is 0 Å². The summed E-state index contributed by atoms with van der Waals surface area (Å²) in [6.07, 6.45) is 2.01. The second kappa shape index (κ2) is 7.11. The van der Waals surface area contributed by atoms with E-state index in [9.17, 15) is 14.7 Å². The van der Waals surface area contributed by atoms with Crippen LogP contribution in [0.25, 0.3) is 0 Å². The van der Waals surface area contributed by atoms with Crippen LogP contribution in [-0.2, 0) is 10.2 Å². The van der Waals surface area contributed by atoms with E-state index in [4.69, 9.17) is 0 Å². The smallest absolute Gasteiger partial charge is 0.321 e. The maximum atomic E-state index is 11.9. The number of aliphatic carboxylic acids is 1. The van der Waals surface area contributed by atoms with Crippen LogP contribution >= 0.6 is 0 Å². The Bertz CT molecular complexity index is 495. The van der Waals surface area contributed by atoms with Crippen LogP contribution in [-0.4, -0.2) is 35.6 Å². The van der Waals surface area contributed by atoms with E-state index in [1.165, 1.54) is 0 Å². The quantitative estimate of drug-likeness (QED) is 0.845. The molecule has 0 radical (unpaired) electrons. The van der Waals surface area contributed by atoms with Crippen LogP contribution in [0.2, 0.25) is 0 Å². The summed E-state index contributed by atoms with van der Waals surface area (Å²) in [4.78, 5) is 24.8. The standard InChI is InChI=1S/C16H24N2O3/c1-5-6-11-18(4)15(21)17-13-9-7-12(8-10-13)16(2,3)14(19)20/h7-10H,5-6,11H2,1-4H3,(H,17,21)(H,19,20). The highest BCUT2D eigenvalue weighted by Crippen LogP contribution is 2.24. The SMILES string of the molecule is CCCCN(C)C(=O)Nc1ccc(C(C)(C)C(=O)O)cc1. The molecule has 1 rings (SSSR count). The monoisotopic (exact) mass is 292 g/mol. The lowest BCUT2D eigenvalue weighted by Gasteiger charge is -2.21. The number of unbranched alkanes of at least 4 members (excludes halogenated alkanes) is 1. The second-order valence-electron chi connectivity index (χ2n) is 5.71. The second-order valence-corrected chi connectivity index (χ2v) is 5.71. The molecule has 0 heterocycles. The zero-order valence-electron chi connectivity index (χ0n) is 13.1. The topological polar surface area (TPSA) is 69.6 Å². The fourth-order valence-corrected chi connectivity index (χ4v) is 1.81. The van der Waals surface area contributed by atoms with Crippen molar-refractivity contribution >= 4 is 17.7 Å². The predicted octanol–water partition coefficient (Wildman–Crippen LogP) is 3.31. The van der Waals surface area contributed by atoms with Gasteiger partial charge in [0.25, 0.3) is 0 Å². The molecule has 0 atom stereocenters. The first-order valence-corrected chi connectivity index (χ1v) is 7.15. The predicted molar refractivity (Wildman–Crippen MR) is 83.7 cm³/mol. The highest BCUT2D eigenvalue weighted by molar-refractivity contribution is 5.89. The molecule has 5 nitrogen and oxygen atoms in total. The van der Waals surface area contributed by atoms with Crippen LogP contribution in [0.5, 0.6) is 0 Å². The summed E-state index contributed by atoms with van der Waals surface area (Å²) in [6, 6.07) is 6.76. The molecule has 5 heteroatoms. The van der Waals surface area contributed by atoms with E-state index in [2.05, 4.69) is 12.2 Å². The Hall–Kier alpha value is -2.04. The third kappa shape index (κ3) is 4.48. The summed E-state index contributed by atoms with van der Waals surface area (Å²) < 4.78 is 0. The molecule has 0 bridgehead atoms. The van der Waals surface area contributed by atoms with Crippen molar-refractivity contribution in [2.75, 3.05) is 18.9 Å². The van der Waals surface area contributed by atoms with E-state index < -0.39 is 11.4 Å². The van der Waals surface area contributed by atoms with Gasteiger partial charge < -0.3 is 15.3 Å². The largest absolute Gasteiger partial charge is 0.481 e. The molecule has 0 aliphatic rings. The van der Waals surface area contributed by atoms with Crippen molar-refractivity contribution in [3.8, 4) is 0 Å². The zero-order valence-corrected chi connectivity index (χ0v) is 13.1. The average Bonchev–Trinajstić information content (AvgIpc) is 2.45. The van der Waals surface area contributed by atoms with Crippen molar-refractivity contribution in [1.82, 2.24) is 4.90 Å². The minimum absolute atomic E-state index is 0.159. The number of benzene rings is 1. The summed E-state index contributed by atoms with van der Waals surface area (Å²) in [5.41, 5.74) is 0.418. The van der Waals surface area contributed by atoms with Gasteiger partial charge in [0.15, 0.2) is 0 Å². The number of anilines is 1. The normalized spacial score (nSPS) is 11.0. The lowest BCUT2D eigenvalue weighted by Crippen LogP contribution is -2.32. The highest BCUT2D eigenvalue weighted by atomic mass is 16.4. The molecule has 0 aliphatic carbocycles. The fourth-order valence-electron chi connectivity index (χ4n) is 1.81.